The lowest BCUT2D eigenvalue weighted by molar-refractivity contribution is -0.157. The van der Waals surface area contributed by atoms with Gasteiger partial charge in [-0.25, -0.2) is 4.98 Å². The summed E-state index contributed by atoms with van der Waals surface area (Å²) in [6.45, 7) is 1.73. The van der Waals surface area contributed by atoms with Crippen molar-refractivity contribution in [1.82, 2.24) is 19.5 Å². The lowest BCUT2D eigenvalue weighted by atomic mass is 9.98. The summed E-state index contributed by atoms with van der Waals surface area (Å²) in [6.07, 6.45) is 13.9. The van der Waals surface area contributed by atoms with Gasteiger partial charge in [0.25, 0.3) is 0 Å². The first-order valence-electron chi connectivity index (χ1n) is 11.4. The van der Waals surface area contributed by atoms with Gasteiger partial charge in [0, 0.05) is 13.5 Å². The van der Waals surface area contributed by atoms with Gasteiger partial charge in [0.2, 0.25) is 0 Å². The number of nitrogen functional groups attached to an aromatic ring is 1. The lowest BCUT2D eigenvalue weighted by Gasteiger charge is -2.31. The summed E-state index contributed by atoms with van der Waals surface area (Å²) >= 11 is 0. The Kier molecular flexibility index (Phi) is 10.5. The second kappa shape index (κ2) is 13.1. The van der Waals surface area contributed by atoms with Crippen LogP contribution in [0, 0.1) is 18.4 Å². The van der Waals surface area contributed by atoms with Crippen molar-refractivity contribution in [2.45, 2.75) is 83.0 Å². The highest BCUT2D eigenvalue weighted by molar-refractivity contribution is 5.81. The van der Waals surface area contributed by atoms with Crippen LogP contribution in [0.4, 0.5) is 10.2 Å². The minimum Gasteiger partial charge on any atom is -0.461 e. The van der Waals surface area contributed by atoms with Crippen molar-refractivity contribution in [3.8, 4) is 12.3 Å². The molecular weight excluding hydrogens is 429 g/mol. The zero-order valence-electron chi connectivity index (χ0n) is 19.4. The van der Waals surface area contributed by atoms with Crippen molar-refractivity contribution in [2.75, 3.05) is 19.5 Å². The van der Waals surface area contributed by atoms with Crippen LogP contribution < -0.4 is 5.73 Å². The maximum absolute atomic E-state index is 13.6. The van der Waals surface area contributed by atoms with Gasteiger partial charge in [0.05, 0.1) is 12.9 Å². The molecule has 0 amide bonds. The number of methoxy groups -OCH3 is 1. The molecule has 3 N–H and O–H groups in total. The van der Waals surface area contributed by atoms with E-state index in [-0.39, 0.29) is 36.6 Å². The van der Waals surface area contributed by atoms with Crippen molar-refractivity contribution in [3.63, 3.8) is 0 Å². The number of aromatic nitrogens is 4. The number of nitrogens with two attached hydrogens (primary N) is 1. The Balaban J connectivity index is 1.87. The summed E-state index contributed by atoms with van der Waals surface area (Å²) in [7, 11) is 1.32. The van der Waals surface area contributed by atoms with Gasteiger partial charge in [0.15, 0.2) is 17.1 Å². The van der Waals surface area contributed by atoms with E-state index in [1.807, 2.05) is 0 Å². The highest BCUT2D eigenvalue weighted by Crippen LogP contribution is 2.21. The van der Waals surface area contributed by atoms with E-state index in [1.165, 1.54) is 50.1 Å². The zero-order chi connectivity index (χ0) is 24.3. The van der Waals surface area contributed by atoms with E-state index in [4.69, 9.17) is 21.6 Å². The van der Waals surface area contributed by atoms with E-state index in [0.717, 1.165) is 19.3 Å². The number of fused-ring (bicyclic) bond motifs is 1. The number of hydrogen-bond acceptors (Lipinski definition) is 8. The number of imidazole rings is 1. The number of aliphatic hydroxyl groups is 1. The Bertz CT molecular complexity index is 945. The molecule has 0 bridgehead atoms. The van der Waals surface area contributed by atoms with Crippen molar-refractivity contribution >= 4 is 23.0 Å². The summed E-state index contributed by atoms with van der Waals surface area (Å²) in [5.74, 6) is 1.87. The number of nitrogens with zero attached hydrogens (tertiary/aromatic N) is 4. The Morgan fingerprint density at radius 1 is 1.27 bits per heavy atom. The fourth-order valence-corrected chi connectivity index (χ4v) is 3.56. The molecule has 2 atom stereocenters. The minimum atomic E-state index is -1.59. The van der Waals surface area contributed by atoms with Gasteiger partial charge in [-0.2, -0.15) is 14.4 Å². The average molecular weight is 464 g/mol. The maximum atomic E-state index is 13.6. The van der Waals surface area contributed by atoms with Gasteiger partial charge in [-0.05, 0) is 6.42 Å². The predicted molar refractivity (Wildman–Crippen MR) is 122 cm³/mol. The van der Waals surface area contributed by atoms with Crippen LogP contribution in [0.2, 0.25) is 0 Å². The quantitative estimate of drug-likeness (QED) is 0.179. The molecular formula is C23H34FN5O4. The van der Waals surface area contributed by atoms with Crippen LogP contribution in [0.5, 0.6) is 0 Å². The minimum absolute atomic E-state index is 0.104. The molecule has 0 aromatic carbocycles. The fourth-order valence-electron chi connectivity index (χ4n) is 3.56. The van der Waals surface area contributed by atoms with Crippen LogP contribution in [0.3, 0.4) is 0 Å². The molecule has 2 rings (SSSR count). The van der Waals surface area contributed by atoms with E-state index in [0.29, 0.717) is 0 Å². The molecule has 0 aliphatic rings. The largest absolute Gasteiger partial charge is 0.461 e. The Morgan fingerprint density at radius 2 is 1.94 bits per heavy atom. The number of esters is 1. The topological polar surface area (TPSA) is 125 Å². The summed E-state index contributed by atoms with van der Waals surface area (Å²) < 4.78 is 25.6. The van der Waals surface area contributed by atoms with Crippen LogP contribution in [0.25, 0.3) is 11.2 Å². The molecule has 0 spiro atoms. The first kappa shape index (κ1) is 26.5. The third-order valence-electron chi connectivity index (χ3n) is 5.66. The van der Waals surface area contributed by atoms with Gasteiger partial charge in [-0.15, -0.1) is 6.42 Å². The fraction of sp³-hybridized carbons (Fsp3) is 0.652. The second-order valence-corrected chi connectivity index (χ2v) is 8.09. The predicted octanol–water partition coefficient (Wildman–Crippen LogP) is 3.00. The van der Waals surface area contributed by atoms with E-state index >= 15 is 0 Å². The Morgan fingerprint density at radius 3 is 2.58 bits per heavy atom. The van der Waals surface area contributed by atoms with E-state index in [1.54, 1.807) is 0 Å². The molecule has 182 valence electrons. The average Bonchev–Trinajstić information content (AvgIpc) is 3.19. The number of carbonyl (C=O) groups is 1. The summed E-state index contributed by atoms with van der Waals surface area (Å²) in [6, 6.07) is 0. The Labute approximate surface area is 193 Å². The van der Waals surface area contributed by atoms with Crippen molar-refractivity contribution in [1.29, 1.82) is 0 Å². The summed E-state index contributed by atoms with van der Waals surface area (Å²) in [5.41, 5.74) is 4.37. The molecule has 0 saturated heterocycles. The third kappa shape index (κ3) is 7.37. The van der Waals surface area contributed by atoms with Crippen LogP contribution in [0.1, 0.15) is 64.7 Å². The zero-order valence-corrected chi connectivity index (χ0v) is 19.4. The number of ether oxygens (including phenoxy) is 2. The molecule has 0 saturated carbocycles. The smallest absolute Gasteiger partial charge is 0.312 e. The molecule has 33 heavy (non-hydrogen) atoms. The molecule has 0 fully saturated rings. The van der Waals surface area contributed by atoms with Crippen molar-refractivity contribution in [2.24, 2.45) is 0 Å². The van der Waals surface area contributed by atoms with E-state index in [9.17, 15) is 14.3 Å². The number of hydrogen-bond donors (Lipinski definition) is 2. The molecule has 0 aliphatic carbocycles. The van der Waals surface area contributed by atoms with Gasteiger partial charge in [-0.1, -0.05) is 57.8 Å². The molecule has 2 heterocycles. The first-order valence-corrected chi connectivity index (χ1v) is 11.4. The first-order chi connectivity index (χ1) is 15.9. The number of anilines is 1. The third-order valence-corrected chi connectivity index (χ3v) is 5.66. The van der Waals surface area contributed by atoms with Gasteiger partial charge in [0.1, 0.15) is 18.2 Å². The molecule has 10 heteroatoms. The molecule has 0 radical (unpaired) electrons. The van der Waals surface area contributed by atoms with Crippen LogP contribution in [0.15, 0.2) is 6.33 Å². The Hall–Kier alpha value is -2.77. The normalized spacial score (nSPS) is 14.0. The molecule has 2 aromatic heterocycles. The number of halogens is 1. The highest BCUT2D eigenvalue weighted by atomic mass is 19.1. The number of carbonyl (C=O) groups excluding carboxylic acids is 1. The van der Waals surface area contributed by atoms with Crippen molar-refractivity contribution in [3.05, 3.63) is 12.4 Å². The molecule has 2 aromatic rings. The number of terminal acetylenes is 1. The van der Waals surface area contributed by atoms with Crippen LogP contribution >= 0.6 is 0 Å². The SMILES string of the molecule is C#CC(COC(=O)CCCCCCCCCC)(OC)[C@@H](O)Cn1cnc2c(N)nc(F)nc21. The monoisotopic (exact) mass is 463 g/mol. The maximum Gasteiger partial charge on any atom is 0.312 e. The van der Waals surface area contributed by atoms with E-state index < -0.39 is 23.8 Å². The van der Waals surface area contributed by atoms with Gasteiger partial charge in [-0.3, -0.25) is 4.79 Å². The number of unbranched alkanes of at least 4 members (excludes halogenated alkanes) is 7. The van der Waals surface area contributed by atoms with Gasteiger partial charge < -0.3 is 24.9 Å². The van der Waals surface area contributed by atoms with Crippen molar-refractivity contribution < 1.29 is 23.8 Å². The highest BCUT2D eigenvalue weighted by Gasteiger charge is 2.38. The summed E-state index contributed by atoms with van der Waals surface area (Å²) in [5, 5.41) is 10.8. The standard InChI is InChI=1S/C23H34FN5O4/c1-4-6-7-8-9-10-11-12-13-18(31)33-15-23(5-2,32-3)17(30)14-29-16-26-19-20(25)27-22(24)28-21(19)29/h2,16-17,30H,4,6-15H2,1,3H3,(H2,25,27,28)/t17-,23?/m0/s1. The second-order valence-electron chi connectivity index (χ2n) is 8.09. The molecule has 9 nitrogen and oxygen atoms in total. The molecule has 0 aliphatic heterocycles. The van der Waals surface area contributed by atoms with Gasteiger partial charge >= 0.3 is 12.0 Å². The number of aliphatic hydroxyl groups excluding tert-OH is 1. The van der Waals surface area contributed by atoms with Crippen LogP contribution in [-0.4, -0.2) is 56.0 Å². The summed E-state index contributed by atoms with van der Waals surface area (Å²) in [4.78, 5) is 23.3. The lowest BCUT2D eigenvalue weighted by Crippen LogP contribution is -2.49. The number of rotatable bonds is 15. The van der Waals surface area contributed by atoms with Crippen LogP contribution in [-0.2, 0) is 20.8 Å². The van der Waals surface area contributed by atoms with E-state index in [2.05, 4.69) is 27.8 Å². The molecule has 1 unspecified atom stereocenters.